The van der Waals surface area contributed by atoms with Gasteiger partial charge in [0.1, 0.15) is 13.2 Å². The van der Waals surface area contributed by atoms with Crippen LogP contribution in [0.4, 0.5) is 0 Å². The summed E-state index contributed by atoms with van der Waals surface area (Å²) in [4.78, 5) is 38.1. The molecular weight excluding hydrogens is 961 g/mol. The number of hydrogen-bond donors (Lipinski definition) is 0. The molecule has 0 radical (unpaired) electrons. The predicted octanol–water partition coefficient (Wildman–Crippen LogP) is 23.5. The normalized spacial score (nSPS) is 12.4. The van der Waals surface area contributed by atoms with E-state index in [-0.39, 0.29) is 37.5 Å². The first-order valence-corrected chi connectivity index (χ1v) is 34.3. The molecule has 0 aliphatic carbocycles. The van der Waals surface area contributed by atoms with Crippen molar-refractivity contribution >= 4 is 17.9 Å². The van der Waals surface area contributed by atoms with E-state index in [1.54, 1.807) is 0 Å². The summed E-state index contributed by atoms with van der Waals surface area (Å²) in [5, 5.41) is 0. The van der Waals surface area contributed by atoms with Crippen LogP contribution < -0.4 is 0 Å². The molecule has 0 heterocycles. The van der Waals surface area contributed by atoms with Crippen LogP contribution in [-0.2, 0) is 28.6 Å². The van der Waals surface area contributed by atoms with E-state index in [9.17, 15) is 14.4 Å². The van der Waals surface area contributed by atoms with Gasteiger partial charge in [-0.1, -0.05) is 345 Å². The van der Waals surface area contributed by atoms with E-state index >= 15 is 0 Å². The summed E-state index contributed by atoms with van der Waals surface area (Å²) in [5.41, 5.74) is 0. The standard InChI is InChI=1S/C72H130O6/c1-4-7-10-13-16-19-21-23-25-27-28-29-30-31-32-33-34-35-36-37-38-39-40-41-42-43-44-46-47-49-51-53-56-59-62-65-71(74)77-68-69(67-76-70(73)64-61-58-55-18-15-12-9-6-3)78-72(75)66-63-60-57-54-52-50-48-45-26-24-22-20-17-14-11-8-5-2/h8,11,17,20,24,26,48,50,54,57,69H,4-7,9-10,12-16,18-19,21-23,25,27-47,49,51-53,55-56,58-68H2,1-3H3/b11-8-,20-17-,26-24-,50-48-,57-54-. The highest BCUT2D eigenvalue weighted by Gasteiger charge is 2.19. The maximum absolute atomic E-state index is 12.8. The lowest BCUT2D eigenvalue weighted by Crippen LogP contribution is -2.30. The maximum Gasteiger partial charge on any atom is 0.306 e. The van der Waals surface area contributed by atoms with Crippen molar-refractivity contribution in [3.63, 3.8) is 0 Å². The highest BCUT2D eigenvalue weighted by molar-refractivity contribution is 5.71. The minimum atomic E-state index is -0.800. The summed E-state index contributed by atoms with van der Waals surface area (Å²) >= 11 is 0. The zero-order chi connectivity index (χ0) is 56.4. The highest BCUT2D eigenvalue weighted by atomic mass is 16.6. The van der Waals surface area contributed by atoms with Crippen LogP contribution in [0.2, 0.25) is 0 Å². The molecule has 78 heavy (non-hydrogen) atoms. The second kappa shape index (κ2) is 66.6. The first kappa shape index (κ1) is 75.1. The molecule has 0 saturated heterocycles. The van der Waals surface area contributed by atoms with Crippen LogP contribution in [0.25, 0.3) is 0 Å². The molecule has 0 N–H and O–H groups in total. The largest absolute Gasteiger partial charge is 0.462 e. The third-order valence-electron chi connectivity index (χ3n) is 15.3. The van der Waals surface area contributed by atoms with Gasteiger partial charge in [0.25, 0.3) is 0 Å². The first-order valence-electron chi connectivity index (χ1n) is 34.3. The summed E-state index contributed by atoms with van der Waals surface area (Å²) in [6.45, 7) is 6.49. The summed E-state index contributed by atoms with van der Waals surface area (Å²) in [6, 6.07) is 0. The van der Waals surface area contributed by atoms with Gasteiger partial charge in [-0.25, -0.2) is 0 Å². The van der Waals surface area contributed by atoms with E-state index in [1.165, 1.54) is 238 Å². The Morgan fingerprint density at radius 3 is 0.769 bits per heavy atom. The van der Waals surface area contributed by atoms with Gasteiger partial charge in [0.15, 0.2) is 6.10 Å². The molecule has 0 bridgehead atoms. The Hall–Kier alpha value is -2.89. The molecule has 0 spiro atoms. The van der Waals surface area contributed by atoms with Crippen molar-refractivity contribution < 1.29 is 28.6 Å². The number of allylic oxidation sites excluding steroid dienone is 10. The molecular formula is C72H130O6. The van der Waals surface area contributed by atoms with Gasteiger partial charge in [0.05, 0.1) is 0 Å². The minimum absolute atomic E-state index is 0.0932. The molecule has 0 aromatic carbocycles. The third-order valence-corrected chi connectivity index (χ3v) is 15.3. The Morgan fingerprint density at radius 2 is 0.500 bits per heavy atom. The number of hydrogen-bond acceptors (Lipinski definition) is 6. The van der Waals surface area contributed by atoms with Crippen molar-refractivity contribution in [1.29, 1.82) is 0 Å². The molecule has 0 amide bonds. The van der Waals surface area contributed by atoms with E-state index in [0.29, 0.717) is 19.3 Å². The molecule has 0 aliphatic rings. The van der Waals surface area contributed by atoms with Crippen LogP contribution in [0.5, 0.6) is 0 Å². The number of carbonyl (C=O) groups is 3. The van der Waals surface area contributed by atoms with Crippen LogP contribution in [0, 0.1) is 0 Å². The fraction of sp³-hybridized carbons (Fsp3) is 0.819. The van der Waals surface area contributed by atoms with Crippen molar-refractivity contribution in [3.8, 4) is 0 Å². The van der Waals surface area contributed by atoms with Crippen LogP contribution in [0.15, 0.2) is 60.8 Å². The second-order valence-electron chi connectivity index (χ2n) is 23.1. The van der Waals surface area contributed by atoms with E-state index < -0.39 is 6.10 Å². The van der Waals surface area contributed by atoms with Crippen LogP contribution >= 0.6 is 0 Å². The van der Waals surface area contributed by atoms with E-state index in [1.807, 2.05) is 0 Å². The molecule has 1 atom stereocenters. The summed E-state index contributed by atoms with van der Waals surface area (Å²) in [7, 11) is 0. The Bertz CT molecular complexity index is 1390. The Balaban J connectivity index is 3.99. The van der Waals surface area contributed by atoms with Crippen LogP contribution in [-0.4, -0.2) is 37.2 Å². The number of esters is 3. The molecule has 1 unspecified atom stereocenters. The zero-order valence-corrected chi connectivity index (χ0v) is 52.2. The number of unbranched alkanes of at least 4 members (excludes halogenated alkanes) is 42. The zero-order valence-electron chi connectivity index (χ0n) is 52.2. The third kappa shape index (κ3) is 63.9. The first-order chi connectivity index (χ1) is 38.5. The van der Waals surface area contributed by atoms with Crippen molar-refractivity contribution in [2.45, 2.75) is 367 Å². The van der Waals surface area contributed by atoms with Gasteiger partial charge in [0, 0.05) is 19.3 Å². The molecule has 454 valence electrons. The lowest BCUT2D eigenvalue weighted by Gasteiger charge is -2.18. The van der Waals surface area contributed by atoms with Crippen LogP contribution in [0.3, 0.4) is 0 Å². The fourth-order valence-corrected chi connectivity index (χ4v) is 10.2. The topological polar surface area (TPSA) is 78.9 Å². The number of rotatable bonds is 63. The van der Waals surface area contributed by atoms with E-state index in [4.69, 9.17) is 14.2 Å². The Kier molecular flexibility index (Phi) is 64.2. The van der Waals surface area contributed by atoms with Crippen molar-refractivity contribution in [1.82, 2.24) is 0 Å². The highest BCUT2D eigenvalue weighted by Crippen LogP contribution is 2.18. The van der Waals surface area contributed by atoms with Gasteiger partial charge < -0.3 is 14.2 Å². The lowest BCUT2D eigenvalue weighted by molar-refractivity contribution is -0.167. The summed E-state index contributed by atoms with van der Waals surface area (Å²) in [5.74, 6) is -0.941. The average molecular weight is 1090 g/mol. The van der Waals surface area contributed by atoms with Gasteiger partial charge in [-0.3, -0.25) is 14.4 Å². The van der Waals surface area contributed by atoms with E-state index in [0.717, 1.165) is 77.0 Å². The van der Waals surface area contributed by atoms with Gasteiger partial charge in [-0.2, -0.15) is 0 Å². The predicted molar refractivity (Wildman–Crippen MR) is 339 cm³/mol. The molecule has 0 saturated carbocycles. The lowest BCUT2D eigenvalue weighted by atomic mass is 10.0. The summed E-state index contributed by atoms with van der Waals surface area (Å²) < 4.78 is 16.8. The number of ether oxygens (including phenoxy) is 3. The Labute approximate surface area is 485 Å². The van der Waals surface area contributed by atoms with Gasteiger partial charge in [-0.15, -0.1) is 0 Å². The molecule has 0 rings (SSSR count). The van der Waals surface area contributed by atoms with Gasteiger partial charge >= 0.3 is 17.9 Å². The smallest absolute Gasteiger partial charge is 0.306 e. The second-order valence-corrected chi connectivity index (χ2v) is 23.1. The fourth-order valence-electron chi connectivity index (χ4n) is 10.2. The quantitative estimate of drug-likeness (QED) is 0.0261. The van der Waals surface area contributed by atoms with Crippen molar-refractivity contribution in [2.75, 3.05) is 13.2 Å². The molecule has 6 nitrogen and oxygen atoms in total. The molecule has 6 heteroatoms. The molecule has 0 aromatic heterocycles. The SMILES string of the molecule is CC/C=C\C/C=C\C/C=C\C/C=C\C/C=C\CCCC(=O)OC(COC(=O)CCCCCCCCCC)COC(=O)CCCCCCCCCCCCCCCCCCCCCCCCCCCCCCCCCCCCC. The minimum Gasteiger partial charge on any atom is -0.462 e. The molecule has 0 fully saturated rings. The average Bonchev–Trinajstić information content (AvgIpc) is 3.44. The molecule has 0 aromatic rings. The monoisotopic (exact) mass is 1090 g/mol. The van der Waals surface area contributed by atoms with Crippen molar-refractivity contribution in [3.05, 3.63) is 60.8 Å². The van der Waals surface area contributed by atoms with Gasteiger partial charge in [0.2, 0.25) is 0 Å². The summed E-state index contributed by atoms with van der Waals surface area (Å²) in [6.07, 6.45) is 85.9. The number of carbonyl (C=O) groups excluding carboxylic acids is 3. The van der Waals surface area contributed by atoms with Crippen LogP contribution in [0.1, 0.15) is 361 Å². The maximum atomic E-state index is 12.8. The van der Waals surface area contributed by atoms with E-state index in [2.05, 4.69) is 81.5 Å². The Morgan fingerprint density at radius 1 is 0.269 bits per heavy atom. The van der Waals surface area contributed by atoms with Crippen molar-refractivity contribution in [2.24, 2.45) is 0 Å². The molecule has 0 aliphatic heterocycles. The van der Waals surface area contributed by atoms with Gasteiger partial charge in [-0.05, 0) is 57.8 Å².